The number of nitrogens with zero attached hydrogens (tertiary/aromatic N) is 2. The number of halogens is 1. The number of amides is 3. The van der Waals surface area contributed by atoms with Crippen molar-refractivity contribution in [3.63, 3.8) is 0 Å². The number of esters is 1. The Labute approximate surface area is 285 Å². The number of hydrogen-bond donors (Lipinski definition) is 2. The minimum absolute atomic E-state index is 0.0985. The summed E-state index contributed by atoms with van der Waals surface area (Å²) in [6.07, 6.45) is 6.31. The maximum Gasteiger partial charge on any atom is 0.313 e. The van der Waals surface area contributed by atoms with E-state index >= 15 is 0 Å². The van der Waals surface area contributed by atoms with Crippen LogP contribution in [-0.4, -0.2) is 76.7 Å². The molecule has 4 aliphatic rings. The summed E-state index contributed by atoms with van der Waals surface area (Å²) in [5.74, 6) is -3.80. The molecule has 2 aromatic carbocycles. The Balaban J connectivity index is 1.47. The lowest BCUT2D eigenvalue weighted by Gasteiger charge is -2.39. The van der Waals surface area contributed by atoms with Crippen molar-refractivity contribution in [2.75, 3.05) is 18.1 Å². The predicted molar refractivity (Wildman–Crippen MR) is 180 cm³/mol. The van der Waals surface area contributed by atoms with Crippen LogP contribution in [0.2, 0.25) is 5.02 Å². The maximum absolute atomic E-state index is 14.8. The minimum Gasteiger partial charge on any atom is -0.455 e. The van der Waals surface area contributed by atoms with Crippen LogP contribution in [0.25, 0.3) is 0 Å². The number of rotatable bonds is 6. The van der Waals surface area contributed by atoms with Crippen molar-refractivity contribution in [2.24, 2.45) is 17.8 Å². The van der Waals surface area contributed by atoms with Crippen molar-refractivity contribution in [1.82, 2.24) is 10.2 Å². The van der Waals surface area contributed by atoms with E-state index in [9.17, 15) is 24.3 Å². The Morgan fingerprint density at radius 2 is 1.75 bits per heavy atom. The number of benzene rings is 2. The van der Waals surface area contributed by atoms with E-state index in [0.717, 1.165) is 0 Å². The highest BCUT2D eigenvalue weighted by Crippen LogP contribution is 2.54. The molecular weight excluding hydrogens is 634 g/mol. The number of aliphatic hydroxyl groups is 1. The van der Waals surface area contributed by atoms with E-state index in [0.29, 0.717) is 29.1 Å². The number of carbonyl (C=O) groups excluding carboxylic acids is 4. The zero-order chi connectivity index (χ0) is 34.2. The number of anilines is 1. The molecule has 0 unspecified atom stereocenters. The molecule has 0 radical (unpaired) electrons. The van der Waals surface area contributed by atoms with Gasteiger partial charge in [0.1, 0.15) is 23.7 Å². The smallest absolute Gasteiger partial charge is 0.313 e. The summed E-state index contributed by atoms with van der Waals surface area (Å²) in [4.78, 5) is 59.9. The fourth-order valence-corrected chi connectivity index (χ4v) is 7.84. The topological polar surface area (TPSA) is 125 Å². The number of fused-ring (bicyclic) bond motifs is 2. The van der Waals surface area contributed by atoms with E-state index in [1.165, 1.54) is 4.90 Å². The molecular formula is C37H42ClN3O7. The van der Waals surface area contributed by atoms with Crippen molar-refractivity contribution >= 4 is 41.0 Å². The van der Waals surface area contributed by atoms with Gasteiger partial charge in [0.15, 0.2) is 0 Å². The largest absolute Gasteiger partial charge is 0.455 e. The number of aliphatic hydroxyl groups excluding tert-OH is 1. The third-order valence-corrected chi connectivity index (χ3v) is 10.0. The molecule has 2 aromatic rings. The van der Waals surface area contributed by atoms with Crippen LogP contribution in [0.1, 0.15) is 51.7 Å². The van der Waals surface area contributed by atoms with Gasteiger partial charge in [-0.25, -0.2) is 0 Å². The van der Waals surface area contributed by atoms with E-state index in [4.69, 9.17) is 21.1 Å². The van der Waals surface area contributed by atoms with Crippen molar-refractivity contribution in [1.29, 1.82) is 0 Å². The van der Waals surface area contributed by atoms with Crippen LogP contribution in [0.5, 0.6) is 0 Å². The lowest BCUT2D eigenvalue weighted by molar-refractivity contribution is -0.162. The summed E-state index contributed by atoms with van der Waals surface area (Å²) in [6.45, 7) is 5.58. The van der Waals surface area contributed by atoms with Crippen LogP contribution in [0.4, 0.5) is 5.69 Å². The molecule has 6 rings (SSSR count). The van der Waals surface area contributed by atoms with Crippen molar-refractivity contribution in [3.05, 3.63) is 89.5 Å². The quantitative estimate of drug-likeness (QED) is 0.344. The van der Waals surface area contributed by atoms with Crippen LogP contribution >= 0.6 is 11.6 Å². The van der Waals surface area contributed by atoms with Gasteiger partial charge in [0.05, 0.1) is 30.7 Å². The normalized spacial score (nSPS) is 32.0. The van der Waals surface area contributed by atoms with Gasteiger partial charge in [-0.1, -0.05) is 80.1 Å². The fourth-order valence-electron chi connectivity index (χ4n) is 7.71. The van der Waals surface area contributed by atoms with Gasteiger partial charge in [0.25, 0.3) is 5.91 Å². The summed E-state index contributed by atoms with van der Waals surface area (Å²) >= 11 is 6.16. The first-order valence-corrected chi connectivity index (χ1v) is 17.0. The molecule has 2 saturated heterocycles. The minimum atomic E-state index is -1.53. The second-order valence-electron chi connectivity index (χ2n) is 13.5. The molecule has 1 spiro atoms. The molecule has 10 nitrogen and oxygen atoms in total. The molecule has 48 heavy (non-hydrogen) atoms. The van der Waals surface area contributed by atoms with E-state index in [-0.39, 0.29) is 37.3 Å². The summed E-state index contributed by atoms with van der Waals surface area (Å²) in [5, 5.41) is 14.1. The number of nitrogens with one attached hydrogen (secondary N) is 1. The van der Waals surface area contributed by atoms with Gasteiger partial charge >= 0.3 is 5.97 Å². The van der Waals surface area contributed by atoms with Crippen molar-refractivity contribution in [3.8, 4) is 0 Å². The molecule has 4 aliphatic heterocycles. The Hall–Kier alpha value is -3.99. The molecule has 2 N–H and O–H groups in total. The number of carbonyl (C=O) groups is 4. The van der Waals surface area contributed by atoms with Crippen LogP contribution in [0.3, 0.4) is 0 Å². The molecule has 8 atom stereocenters. The van der Waals surface area contributed by atoms with Gasteiger partial charge < -0.3 is 29.7 Å². The summed E-state index contributed by atoms with van der Waals surface area (Å²) < 4.78 is 13.1. The molecule has 0 saturated carbocycles. The van der Waals surface area contributed by atoms with Gasteiger partial charge in [-0.05, 0) is 55.5 Å². The van der Waals surface area contributed by atoms with Gasteiger partial charge in [-0.15, -0.1) is 0 Å². The molecule has 11 heteroatoms. The first-order valence-electron chi connectivity index (χ1n) is 16.6. The van der Waals surface area contributed by atoms with Gasteiger partial charge in [0, 0.05) is 23.7 Å². The molecule has 254 valence electrons. The van der Waals surface area contributed by atoms with Gasteiger partial charge in [-0.3, -0.25) is 19.2 Å². The average molecular weight is 676 g/mol. The van der Waals surface area contributed by atoms with Crippen LogP contribution in [0, 0.1) is 17.8 Å². The first kappa shape index (κ1) is 33.9. The van der Waals surface area contributed by atoms with Crippen molar-refractivity contribution < 1.29 is 33.8 Å². The van der Waals surface area contributed by atoms with E-state index in [1.54, 1.807) is 60.4 Å². The highest BCUT2D eigenvalue weighted by molar-refractivity contribution is 6.30. The second kappa shape index (κ2) is 13.9. The second-order valence-corrected chi connectivity index (χ2v) is 13.9. The molecule has 4 heterocycles. The Morgan fingerprint density at radius 1 is 1.02 bits per heavy atom. The Bertz CT molecular complexity index is 1600. The summed E-state index contributed by atoms with van der Waals surface area (Å²) in [7, 11) is 0. The van der Waals surface area contributed by atoms with Crippen LogP contribution in [0.15, 0.2) is 78.9 Å². The van der Waals surface area contributed by atoms with E-state index in [1.807, 2.05) is 44.2 Å². The van der Waals surface area contributed by atoms with E-state index in [2.05, 4.69) is 5.32 Å². The van der Waals surface area contributed by atoms with Crippen molar-refractivity contribution in [2.45, 2.75) is 76.0 Å². The standard InChI is InChI=1S/C37H42ClN3O7/c1-22(2)20-27(21-42)41-33-35(45)40(26-16-14-25(38)15-17-26)19-9-18-37(33)31(34(41)44)30-28(48-37)12-7-8-13-29(43)39-23(3)32(47-36(30)46)24-10-5-4-6-11-24/h4-7,9-12,14-18,22-23,27-28,30-33,42H,8,13,19-21H2,1-3H3,(H,39,43)/b12-7-/t23-,27-,28-,30+,31+,32+,33-,37+/m1/s1. The first-order chi connectivity index (χ1) is 23.1. The van der Waals surface area contributed by atoms with Gasteiger partial charge in [-0.2, -0.15) is 0 Å². The summed E-state index contributed by atoms with van der Waals surface area (Å²) in [6, 6.07) is 13.6. The number of ether oxygens (including phenoxy) is 2. The zero-order valence-corrected chi connectivity index (χ0v) is 28.1. The predicted octanol–water partition coefficient (Wildman–Crippen LogP) is 4.37. The van der Waals surface area contributed by atoms with Crippen LogP contribution in [-0.2, 0) is 28.7 Å². The maximum atomic E-state index is 14.8. The van der Waals surface area contributed by atoms with E-state index < -0.39 is 59.6 Å². The monoisotopic (exact) mass is 675 g/mol. The number of hydrogen-bond acceptors (Lipinski definition) is 7. The number of likely N-dealkylation sites (tertiary alicyclic amines) is 1. The average Bonchev–Trinajstić information content (AvgIpc) is 3.45. The SMILES string of the molecule is CC(C)C[C@H](CO)N1C(=O)[C@@H]2[C@H]3C(=O)O[C@H](c4ccccc4)[C@@H](C)NC(=O)CC/C=C\[C@H]3O[C@@]23C=CCN(c2ccc(Cl)cc2)C(=O)[C@@H]13. The highest BCUT2D eigenvalue weighted by Gasteiger charge is 2.72. The zero-order valence-electron chi connectivity index (χ0n) is 27.3. The molecule has 0 aromatic heterocycles. The Morgan fingerprint density at radius 3 is 2.44 bits per heavy atom. The summed E-state index contributed by atoms with van der Waals surface area (Å²) in [5.41, 5.74) is -0.248. The fraction of sp³-hybridized carbons (Fsp3) is 0.459. The third-order valence-electron chi connectivity index (χ3n) is 9.77. The lowest BCUT2D eigenvalue weighted by Crippen LogP contribution is -2.58. The highest BCUT2D eigenvalue weighted by atomic mass is 35.5. The number of cyclic esters (lactones) is 1. The third kappa shape index (κ3) is 6.17. The molecule has 0 aliphatic carbocycles. The molecule has 3 amide bonds. The molecule has 2 fully saturated rings. The van der Waals surface area contributed by atoms with Crippen LogP contribution < -0.4 is 10.2 Å². The molecule has 0 bridgehead atoms. The lowest BCUT2D eigenvalue weighted by atomic mass is 9.77. The number of allylic oxidation sites excluding steroid dienone is 1. The van der Waals surface area contributed by atoms with Gasteiger partial charge in [0.2, 0.25) is 11.8 Å². The Kier molecular flexibility index (Phi) is 9.79.